The SMILES string of the molecule is N#Cc1cnc(NCC2CCNCC2(F)F)cn1. The fourth-order valence-corrected chi connectivity index (χ4v) is 1.84. The minimum absolute atomic E-state index is 0.148. The molecule has 2 N–H and O–H groups in total. The smallest absolute Gasteiger partial charge is 0.264 e. The molecule has 1 saturated heterocycles. The lowest BCUT2D eigenvalue weighted by Gasteiger charge is -2.31. The van der Waals surface area contributed by atoms with Gasteiger partial charge in [-0.1, -0.05) is 0 Å². The van der Waals surface area contributed by atoms with Crippen LogP contribution in [0.3, 0.4) is 0 Å². The Labute approximate surface area is 103 Å². The third-order valence-electron chi connectivity index (χ3n) is 2.92. The zero-order chi connectivity index (χ0) is 13.0. The molecule has 0 aliphatic carbocycles. The van der Waals surface area contributed by atoms with E-state index in [-0.39, 0.29) is 18.8 Å². The summed E-state index contributed by atoms with van der Waals surface area (Å²) in [4.78, 5) is 7.74. The van der Waals surface area contributed by atoms with Gasteiger partial charge in [-0.2, -0.15) is 5.26 Å². The molecule has 96 valence electrons. The lowest BCUT2D eigenvalue weighted by Crippen LogP contribution is -2.48. The first kappa shape index (κ1) is 12.6. The monoisotopic (exact) mass is 253 g/mol. The van der Waals surface area contributed by atoms with Crippen molar-refractivity contribution >= 4 is 5.82 Å². The van der Waals surface area contributed by atoms with Crippen LogP contribution in [0.4, 0.5) is 14.6 Å². The molecule has 2 rings (SSSR count). The van der Waals surface area contributed by atoms with Gasteiger partial charge in [-0.05, 0) is 13.0 Å². The fraction of sp³-hybridized carbons (Fsp3) is 0.545. The number of rotatable bonds is 3. The fourth-order valence-electron chi connectivity index (χ4n) is 1.84. The van der Waals surface area contributed by atoms with Crippen molar-refractivity contribution < 1.29 is 8.78 Å². The first-order valence-electron chi connectivity index (χ1n) is 5.66. The summed E-state index contributed by atoms with van der Waals surface area (Å²) in [7, 11) is 0. The Hall–Kier alpha value is -1.81. The van der Waals surface area contributed by atoms with Gasteiger partial charge in [0.15, 0.2) is 5.69 Å². The summed E-state index contributed by atoms with van der Waals surface area (Å²) in [6.07, 6.45) is 3.10. The van der Waals surface area contributed by atoms with E-state index in [2.05, 4.69) is 20.6 Å². The Kier molecular flexibility index (Phi) is 3.67. The van der Waals surface area contributed by atoms with Crippen molar-refractivity contribution in [3.63, 3.8) is 0 Å². The standard InChI is InChI=1S/C11H13F2N5/c12-11(13)7-15-2-1-8(11)4-17-10-6-16-9(3-14)5-18-10/h5-6,8,15H,1-2,4,7H2,(H,17,18). The van der Waals surface area contributed by atoms with Crippen LogP contribution in [0.5, 0.6) is 0 Å². The maximum Gasteiger partial charge on any atom is 0.264 e. The van der Waals surface area contributed by atoms with E-state index in [1.165, 1.54) is 12.4 Å². The predicted molar refractivity (Wildman–Crippen MR) is 61.2 cm³/mol. The molecule has 1 unspecified atom stereocenters. The quantitative estimate of drug-likeness (QED) is 0.840. The predicted octanol–water partition coefficient (Wildman–Crippen LogP) is 1.00. The summed E-state index contributed by atoms with van der Waals surface area (Å²) in [5.74, 6) is -3.01. The minimum Gasteiger partial charge on any atom is -0.368 e. The number of nitriles is 1. The van der Waals surface area contributed by atoms with E-state index in [0.29, 0.717) is 18.8 Å². The number of hydrogen-bond donors (Lipinski definition) is 2. The number of halogens is 2. The van der Waals surface area contributed by atoms with Gasteiger partial charge in [0.25, 0.3) is 5.92 Å². The molecule has 0 spiro atoms. The largest absolute Gasteiger partial charge is 0.368 e. The van der Waals surface area contributed by atoms with Crippen LogP contribution in [0.1, 0.15) is 12.1 Å². The van der Waals surface area contributed by atoms with Gasteiger partial charge in [0.1, 0.15) is 11.9 Å². The Bertz CT molecular complexity index is 440. The van der Waals surface area contributed by atoms with E-state index < -0.39 is 11.8 Å². The van der Waals surface area contributed by atoms with E-state index >= 15 is 0 Å². The van der Waals surface area contributed by atoms with Crippen LogP contribution in [0.15, 0.2) is 12.4 Å². The molecule has 1 aromatic heterocycles. The molecule has 1 aliphatic heterocycles. The third-order valence-corrected chi connectivity index (χ3v) is 2.92. The van der Waals surface area contributed by atoms with Crippen molar-refractivity contribution in [2.24, 2.45) is 5.92 Å². The number of aromatic nitrogens is 2. The molecule has 0 saturated carbocycles. The molecule has 0 aromatic carbocycles. The Morgan fingerprint density at radius 3 is 2.94 bits per heavy atom. The van der Waals surface area contributed by atoms with Crippen LogP contribution in [0.2, 0.25) is 0 Å². The molecule has 2 heterocycles. The Morgan fingerprint density at radius 2 is 2.33 bits per heavy atom. The molecule has 1 aliphatic rings. The highest BCUT2D eigenvalue weighted by atomic mass is 19.3. The van der Waals surface area contributed by atoms with E-state index in [4.69, 9.17) is 5.26 Å². The van der Waals surface area contributed by atoms with Crippen molar-refractivity contribution in [3.05, 3.63) is 18.1 Å². The molecule has 5 nitrogen and oxygen atoms in total. The van der Waals surface area contributed by atoms with Gasteiger partial charge >= 0.3 is 0 Å². The summed E-state index contributed by atoms with van der Waals surface area (Å²) in [6, 6.07) is 1.84. The van der Waals surface area contributed by atoms with Gasteiger partial charge < -0.3 is 10.6 Å². The van der Waals surface area contributed by atoms with Crippen LogP contribution >= 0.6 is 0 Å². The second-order valence-electron chi connectivity index (χ2n) is 4.20. The van der Waals surface area contributed by atoms with Crippen molar-refractivity contribution in [1.29, 1.82) is 5.26 Å². The van der Waals surface area contributed by atoms with Gasteiger partial charge in [0, 0.05) is 12.5 Å². The van der Waals surface area contributed by atoms with Gasteiger partial charge in [-0.3, -0.25) is 0 Å². The number of anilines is 1. The molecular formula is C11H13F2N5. The van der Waals surface area contributed by atoms with Crippen molar-refractivity contribution in [3.8, 4) is 6.07 Å². The molecule has 1 fully saturated rings. The van der Waals surface area contributed by atoms with Crippen LogP contribution in [0, 0.1) is 17.2 Å². The number of nitrogens with one attached hydrogen (secondary N) is 2. The van der Waals surface area contributed by atoms with Crippen LogP contribution in [-0.2, 0) is 0 Å². The topological polar surface area (TPSA) is 73.6 Å². The molecule has 1 aromatic rings. The third kappa shape index (κ3) is 2.90. The van der Waals surface area contributed by atoms with Gasteiger partial charge in [-0.15, -0.1) is 0 Å². The minimum atomic E-state index is -2.70. The second-order valence-corrected chi connectivity index (χ2v) is 4.20. The number of alkyl halides is 2. The highest BCUT2D eigenvalue weighted by Gasteiger charge is 2.41. The molecule has 0 bridgehead atoms. The van der Waals surface area contributed by atoms with E-state index in [1.54, 1.807) is 0 Å². The molecule has 18 heavy (non-hydrogen) atoms. The van der Waals surface area contributed by atoms with E-state index in [1.807, 2.05) is 6.07 Å². The molecule has 1 atom stereocenters. The zero-order valence-electron chi connectivity index (χ0n) is 9.66. The first-order chi connectivity index (χ1) is 8.62. The lowest BCUT2D eigenvalue weighted by atomic mass is 9.94. The Balaban J connectivity index is 1.92. The maximum atomic E-state index is 13.5. The normalized spacial score (nSPS) is 22.2. The summed E-state index contributed by atoms with van der Waals surface area (Å²) >= 11 is 0. The Morgan fingerprint density at radius 1 is 1.50 bits per heavy atom. The molecule has 7 heteroatoms. The summed E-state index contributed by atoms with van der Waals surface area (Å²) in [5.41, 5.74) is 0.202. The highest BCUT2D eigenvalue weighted by molar-refractivity contribution is 5.33. The van der Waals surface area contributed by atoms with Gasteiger partial charge in [-0.25, -0.2) is 18.7 Å². The molecule has 0 radical (unpaired) electrons. The molecular weight excluding hydrogens is 240 g/mol. The van der Waals surface area contributed by atoms with E-state index in [0.717, 1.165) is 0 Å². The van der Waals surface area contributed by atoms with Crippen LogP contribution in [0.25, 0.3) is 0 Å². The maximum absolute atomic E-state index is 13.5. The average Bonchev–Trinajstić information content (AvgIpc) is 2.38. The number of piperidine rings is 1. The number of nitrogens with zero attached hydrogens (tertiary/aromatic N) is 3. The zero-order valence-corrected chi connectivity index (χ0v) is 9.66. The van der Waals surface area contributed by atoms with Gasteiger partial charge in [0.2, 0.25) is 0 Å². The highest BCUT2D eigenvalue weighted by Crippen LogP contribution is 2.29. The first-order valence-corrected chi connectivity index (χ1v) is 5.66. The summed E-state index contributed by atoms with van der Waals surface area (Å²) < 4.78 is 27.0. The van der Waals surface area contributed by atoms with Crippen molar-refractivity contribution in [1.82, 2.24) is 15.3 Å². The van der Waals surface area contributed by atoms with Crippen LogP contribution in [-0.4, -0.2) is 35.5 Å². The van der Waals surface area contributed by atoms with Crippen molar-refractivity contribution in [2.75, 3.05) is 25.0 Å². The van der Waals surface area contributed by atoms with E-state index in [9.17, 15) is 8.78 Å². The molecule has 0 amide bonds. The average molecular weight is 253 g/mol. The van der Waals surface area contributed by atoms with Crippen molar-refractivity contribution in [2.45, 2.75) is 12.3 Å². The van der Waals surface area contributed by atoms with Gasteiger partial charge in [0.05, 0.1) is 18.9 Å². The van der Waals surface area contributed by atoms with Crippen LogP contribution < -0.4 is 10.6 Å². The summed E-state index contributed by atoms with van der Waals surface area (Å²) in [6.45, 7) is 0.467. The number of hydrogen-bond acceptors (Lipinski definition) is 5. The second kappa shape index (κ2) is 5.23. The lowest BCUT2D eigenvalue weighted by molar-refractivity contribution is -0.0678. The summed E-state index contributed by atoms with van der Waals surface area (Å²) in [5, 5.41) is 14.1.